The molecule has 146 valence electrons. The molecule has 0 aliphatic carbocycles. The molecule has 7 nitrogen and oxygen atoms in total. The lowest BCUT2D eigenvalue weighted by molar-refractivity contribution is -0.134. The molecule has 0 saturated carbocycles. The number of aromatic nitrogens is 2. The quantitative estimate of drug-likeness (QED) is 0.696. The number of piperidine rings is 1. The van der Waals surface area contributed by atoms with Crippen LogP contribution in [0.25, 0.3) is 11.5 Å². The monoisotopic (exact) mass is 391 g/mol. The minimum atomic E-state index is 0.113. The molecule has 2 aromatic rings. The van der Waals surface area contributed by atoms with Crippen LogP contribution in [0.4, 0.5) is 0 Å². The molecule has 0 N–H and O–H groups in total. The van der Waals surface area contributed by atoms with Gasteiger partial charge in [-0.15, -0.1) is 10.2 Å². The Labute approximate surface area is 163 Å². The van der Waals surface area contributed by atoms with Crippen LogP contribution >= 0.6 is 11.8 Å². The van der Waals surface area contributed by atoms with Crippen LogP contribution in [-0.4, -0.2) is 53.1 Å². The number of nitrogens with zero attached hydrogens (tertiary/aromatic N) is 3. The lowest BCUT2D eigenvalue weighted by atomic mass is 9.98. The number of benzene rings is 1. The van der Waals surface area contributed by atoms with Gasteiger partial charge in [-0.05, 0) is 45.2 Å². The molecule has 2 atom stereocenters. The number of rotatable bonds is 6. The van der Waals surface area contributed by atoms with E-state index in [0.29, 0.717) is 28.2 Å². The Bertz CT molecular complexity index is 763. The zero-order chi connectivity index (χ0) is 19.4. The summed E-state index contributed by atoms with van der Waals surface area (Å²) in [4.78, 5) is 14.6. The summed E-state index contributed by atoms with van der Waals surface area (Å²) >= 11 is 1.27. The second kappa shape index (κ2) is 8.65. The van der Waals surface area contributed by atoms with Gasteiger partial charge < -0.3 is 18.8 Å². The first-order valence-corrected chi connectivity index (χ1v) is 10.0. The predicted molar refractivity (Wildman–Crippen MR) is 103 cm³/mol. The van der Waals surface area contributed by atoms with Crippen molar-refractivity contribution in [1.82, 2.24) is 15.1 Å². The van der Waals surface area contributed by atoms with Gasteiger partial charge in [-0.2, -0.15) is 0 Å². The van der Waals surface area contributed by atoms with Crippen molar-refractivity contribution in [3.05, 3.63) is 18.2 Å². The maximum Gasteiger partial charge on any atom is 0.277 e. The van der Waals surface area contributed by atoms with Gasteiger partial charge in [0.05, 0.1) is 20.0 Å². The number of carbonyl (C=O) groups excluding carboxylic acids is 1. The number of likely N-dealkylation sites (tertiary alicyclic amines) is 1. The highest BCUT2D eigenvalue weighted by atomic mass is 32.2. The molecule has 3 rings (SSSR count). The SMILES string of the molecule is COc1cc(OC)cc(-c2nnc(SCC(=O)N3[C@H](C)CCC[C@@H]3C)o2)c1. The van der Waals surface area contributed by atoms with E-state index in [9.17, 15) is 4.79 Å². The average Bonchev–Trinajstić information content (AvgIpc) is 3.15. The molecule has 27 heavy (non-hydrogen) atoms. The smallest absolute Gasteiger partial charge is 0.277 e. The molecular formula is C19H25N3O4S. The molecule has 0 bridgehead atoms. The van der Waals surface area contributed by atoms with Crippen molar-refractivity contribution in [3.63, 3.8) is 0 Å². The molecule has 2 heterocycles. The van der Waals surface area contributed by atoms with Gasteiger partial charge in [-0.25, -0.2) is 0 Å². The van der Waals surface area contributed by atoms with Gasteiger partial charge in [0.25, 0.3) is 5.22 Å². The van der Waals surface area contributed by atoms with Gasteiger partial charge in [0.15, 0.2) is 0 Å². The van der Waals surface area contributed by atoms with Crippen molar-refractivity contribution in [2.24, 2.45) is 0 Å². The molecule has 1 aromatic heterocycles. The number of ether oxygens (including phenoxy) is 2. The van der Waals surface area contributed by atoms with Crippen molar-refractivity contribution >= 4 is 17.7 Å². The fraction of sp³-hybridized carbons (Fsp3) is 0.526. The van der Waals surface area contributed by atoms with Crippen molar-refractivity contribution in [3.8, 4) is 23.0 Å². The summed E-state index contributed by atoms with van der Waals surface area (Å²) in [6.07, 6.45) is 3.29. The third kappa shape index (κ3) is 4.55. The van der Waals surface area contributed by atoms with Gasteiger partial charge in [0.1, 0.15) is 11.5 Å². The van der Waals surface area contributed by atoms with Gasteiger partial charge in [0.2, 0.25) is 11.8 Å². The Balaban J connectivity index is 1.67. The highest BCUT2D eigenvalue weighted by molar-refractivity contribution is 7.99. The van der Waals surface area contributed by atoms with Crippen LogP contribution in [0, 0.1) is 0 Å². The van der Waals surface area contributed by atoms with Gasteiger partial charge >= 0.3 is 0 Å². The molecule has 1 aliphatic rings. The largest absolute Gasteiger partial charge is 0.497 e. The van der Waals surface area contributed by atoms with Gasteiger partial charge in [-0.1, -0.05) is 11.8 Å². The van der Waals surface area contributed by atoms with Gasteiger partial charge in [-0.3, -0.25) is 4.79 Å². The molecule has 0 unspecified atom stereocenters. The molecule has 1 aliphatic heterocycles. The third-order valence-electron chi connectivity index (χ3n) is 4.81. The maximum atomic E-state index is 12.6. The first-order valence-electron chi connectivity index (χ1n) is 9.02. The fourth-order valence-electron chi connectivity index (χ4n) is 3.43. The fourth-order valence-corrected chi connectivity index (χ4v) is 4.06. The van der Waals surface area contributed by atoms with Crippen LogP contribution in [0.1, 0.15) is 33.1 Å². The number of methoxy groups -OCH3 is 2. The molecule has 8 heteroatoms. The summed E-state index contributed by atoms with van der Waals surface area (Å²) in [6.45, 7) is 4.22. The lowest BCUT2D eigenvalue weighted by Crippen LogP contribution is -2.48. The zero-order valence-corrected chi connectivity index (χ0v) is 16.9. The molecule has 0 radical (unpaired) electrons. The Hall–Kier alpha value is -2.22. The first kappa shape index (κ1) is 19.5. The maximum absolute atomic E-state index is 12.6. The van der Waals surface area contributed by atoms with Crippen LogP contribution in [0.5, 0.6) is 11.5 Å². The molecule has 1 amide bonds. The lowest BCUT2D eigenvalue weighted by Gasteiger charge is -2.39. The van der Waals surface area contributed by atoms with E-state index < -0.39 is 0 Å². The van der Waals surface area contributed by atoms with Crippen molar-refractivity contribution in [2.75, 3.05) is 20.0 Å². The second-order valence-electron chi connectivity index (χ2n) is 6.69. The van der Waals surface area contributed by atoms with Crippen LogP contribution in [0.3, 0.4) is 0 Å². The summed E-state index contributed by atoms with van der Waals surface area (Å²) < 4.78 is 16.3. The molecule has 1 fully saturated rings. The van der Waals surface area contributed by atoms with Crippen LogP contribution in [0.15, 0.2) is 27.8 Å². The molecule has 0 spiro atoms. The molecular weight excluding hydrogens is 366 g/mol. The summed E-state index contributed by atoms with van der Waals surface area (Å²) in [5.41, 5.74) is 0.704. The zero-order valence-electron chi connectivity index (χ0n) is 16.1. The highest BCUT2D eigenvalue weighted by Gasteiger charge is 2.29. The number of amides is 1. The van der Waals surface area contributed by atoms with Crippen molar-refractivity contribution in [1.29, 1.82) is 0 Å². The standard InChI is InChI=1S/C19H25N3O4S/c1-12-6-5-7-13(2)22(12)17(23)11-27-19-21-20-18(26-19)14-8-15(24-3)10-16(9-14)25-4/h8-10,12-13H,5-7,11H2,1-4H3/t12-,13+. The summed E-state index contributed by atoms with van der Waals surface area (Å²) in [7, 11) is 3.17. The van der Waals surface area contributed by atoms with E-state index in [2.05, 4.69) is 24.0 Å². The Morgan fingerprint density at radius 1 is 1.15 bits per heavy atom. The van der Waals surface area contributed by atoms with Crippen LogP contribution < -0.4 is 9.47 Å². The number of thioether (sulfide) groups is 1. The van der Waals surface area contributed by atoms with E-state index in [1.165, 1.54) is 18.2 Å². The topological polar surface area (TPSA) is 77.7 Å². The minimum absolute atomic E-state index is 0.113. The van der Waals surface area contributed by atoms with E-state index in [1.807, 2.05) is 4.90 Å². The predicted octanol–water partition coefficient (Wildman–Crippen LogP) is 3.64. The second-order valence-corrected chi connectivity index (χ2v) is 7.62. The van der Waals surface area contributed by atoms with E-state index >= 15 is 0 Å². The first-order chi connectivity index (χ1) is 13.0. The normalized spacial score (nSPS) is 19.8. The van der Waals surface area contributed by atoms with Gasteiger partial charge in [0, 0.05) is 23.7 Å². The minimum Gasteiger partial charge on any atom is -0.497 e. The Kier molecular flexibility index (Phi) is 6.26. The Morgan fingerprint density at radius 2 is 1.78 bits per heavy atom. The average molecular weight is 391 g/mol. The number of hydrogen-bond acceptors (Lipinski definition) is 7. The summed E-state index contributed by atoms with van der Waals surface area (Å²) in [6, 6.07) is 5.93. The molecule has 1 saturated heterocycles. The summed E-state index contributed by atoms with van der Waals surface area (Å²) in [5.74, 6) is 2.04. The third-order valence-corrected chi connectivity index (χ3v) is 5.61. The number of hydrogen-bond donors (Lipinski definition) is 0. The Morgan fingerprint density at radius 3 is 2.37 bits per heavy atom. The highest BCUT2D eigenvalue weighted by Crippen LogP contribution is 2.31. The van der Waals surface area contributed by atoms with Crippen LogP contribution in [-0.2, 0) is 4.79 Å². The van der Waals surface area contributed by atoms with Crippen molar-refractivity contribution in [2.45, 2.75) is 50.4 Å². The van der Waals surface area contributed by atoms with Crippen molar-refractivity contribution < 1.29 is 18.7 Å². The summed E-state index contributed by atoms with van der Waals surface area (Å²) in [5, 5.41) is 8.51. The van der Waals surface area contributed by atoms with E-state index in [4.69, 9.17) is 13.9 Å². The van der Waals surface area contributed by atoms with E-state index in [1.54, 1.807) is 32.4 Å². The van der Waals surface area contributed by atoms with Crippen LogP contribution in [0.2, 0.25) is 0 Å². The van der Waals surface area contributed by atoms with E-state index in [-0.39, 0.29) is 23.7 Å². The number of carbonyl (C=O) groups is 1. The molecule has 1 aromatic carbocycles. The van der Waals surface area contributed by atoms with E-state index in [0.717, 1.165) is 12.8 Å².